The van der Waals surface area contributed by atoms with E-state index in [9.17, 15) is 0 Å². The highest BCUT2D eigenvalue weighted by molar-refractivity contribution is 14.1. The van der Waals surface area contributed by atoms with Crippen molar-refractivity contribution in [2.24, 2.45) is 4.99 Å². The van der Waals surface area contributed by atoms with Gasteiger partial charge >= 0.3 is 0 Å². The summed E-state index contributed by atoms with van der Waals surface area (Å²) in [5.74, 6) is 0.899. The third kappa shape index (κ3) is 1.24. The van der Waals surface area contributed by atoms with E-state index in [1.165, 1.54) is 0 Å². The van der Waals surface area contributed by atoms with Gasteiger partial charge in [-0.3, -0.25) is 0 Å². The molecule has 0 saturated carbocycles. The van der Waals surface area contributed by atoms with Gasteiger partial charge in [0.15, 0.2) is 5.82 Å². The summed E-state index contributed by atoms with van der Waals surface area (Å²) in [6.45, 7) is 0. The molecule has 1 unspecified atom stereocenters. The van der Waals surface area contributed by atoms with Crippen LogP contribution in [0.5, 0.6) is 0 Å². The fraction of sp³-hybridized carbons (Fsp3) is 0.167. The summed E-state index contributed by atoms with van der Waals surface area (Å²) in [5.41, 5.74) is 3.09. The Morgan fingerprint density at radius 3 is 3.08 bits per heavy atom. The Bertz CT molecular complexity index is 308. The first-order valence-corrected chi connectivity index (χ1v) is 5.84. The minimum atomic E-state index is -0.304. The van der Waals surface area contributed by atoms with E-state index in [4.69, 9.17) is 0 Å². The SMILES string of the molecule is BrC1=NC2=CC=CNN2C1(Br)I. The molecule has 3 nitrogen and oxygen atoms in total. The van der Waals surface area contributed by atoms with E-state index in [1.807, 2.05) is 23.4 Å². The summed E-state index contributed by atoms with van der Waals surface area (Å²) in [7, 11) is 0. The normalized spacial score (nSPS) is 32.4. The zero-order valence-electron chi connectivity index (χ0n) is 5.76. The highest BCUT2D eigenvalue weighted by Crippen LogP contribution is 2.42. The summed E-state index contributed by atoms with van der Waals surface area (Å²) < 4.78 is 0.555. The van der Waals surface area contributed by atoms with Crippen LogP contribution in [0.1, 0.15) is 0 Å². The number of halogens is 3. The standard InChI is InChI=1S/C6H4Br2IN3/c7-5-6(8,9)12-4(11-5)2-1-3-10-12/h1-3,10H. The van der Waals surface area contributed by atoms with Crippen molar-refractivity contribution in [3.63, 3.8) is 0 Å². The predicted octanol–water partition coefficient (Wildman–Crippen LogP) is 2.45. The van der Waals surface area contributed by atoms with Crippen molar-refractivity contribution in [3.05, 3.63) is 24.2 Å². The minimum absolute atomic E-state index is 0.304. The molecule has 12 heavy (non-hydrogen) atoms. The van der Waals surface area contributed by atoms with Gasteiger partial charge in [0.05, 0.1) is 0 Å². The van der Waals surface area contributed by atoms with E-state index >= 15 is 0 Å². The van der Waals surface area contributed by atoms with E-state index < -0.39 is 0 Å². The van der Waals surface area contributed by atoms with Crippen LogP contribution >= 0.6 is 54.5 Å². The number of hydrogen-bond acceptors (Lipinski definition) is 3. The molecule has 64 valence electrons. The molecule has 0 saturated heterocycles. The van der Waals surface area contributed by atoms with Gasteiger partial charge in [0.1, 0.15) is 4.62 Å². The van der Waals surface area contributed by atoms with Crippen molar-refractivity contribution in [1.82, 2.24) is 10.4 Å². The highest BCUT2D eigenvalue weighted by atomic mass is 127. The summed E-state index contributed by atoms with van der Waals surface area (Å²) >= 11 is 9.20. The molecule has 0 amide bonds. The van der Waals surface area contributed by atoms with Crippen LogP contribution in [0.4, 0.5) is 0 Å². The lowest BCUT2D eigenvalue weighted by atomic mass is 10.5. The molecule has 6 heteroatoms. The Balaban J connectivity index is 2.43. The molecule has 0 spiro atoms. The number of rotatable bonds is 0. The Labute approximate surface area is 100 Å². The van der Waals surface area contributed by atoms with Crippen molar-refractivity contribution in [2.75, 3.05) is 0 Å². The van der Waals surface area contributed by atoms with Crippen molar-refractivity contribution < 1.29 is 0 Å². The van der Waals surface area contributed by atoms with E-state index in [1.54, 1.807) is 0 Å². The number of hydrogen-bond donors (Lipinski definition) is 1. The maximum absolute atomic E-state index is 4.32. The topological polar surface area (TPSA) is 27.6 Å². The average Bonchev–Trinajstić information content (AvgIpc) is 2.25. The van der Waals surface area contributed by atoms with Gasteiger partial charge in [0.25, 0.3) is 0 Å². The zero-order chi connectivity index (χ0) is 8.77. The fourth-order valence-electron chi connectivity index (χ4n) is 0.965. The van der Waals surface area contributed by atoms with Crippen LogP contribution in [0.2, 0.25) is 0 Å². The maximum atomic E-state index is 4.32. The second kappa shape index (κ2) is 2.98. The molecule has 2 rings (SSSR count). The number of allylic oxidation sites excluding steroid dienone is 2. The van der Waals surface area contributed by atoms with Gasteiger partial charge in [-0.2, -0.15) is 0 Å². The maximum Gasteiger partial charge on any atom is 0.215 e. The van der Waals surface area contributed by atoms with Crippen LogP contribution in [0, 0.1) is 0 Å². The van der Waals surface area contributed by atoms with E-state index in [0.717, 1.165) is 10.4 Å². The smallest absolute Gasteiger partial charge is 0.215 e. The Kier molecular flexibility index (Phi) is 2.24. The molecule has 2 heterocycles. The molecule has 0 aromatic heterocycles. The molecular weight excluding hydrogens is 401 g/mol. The van der Waals surface area contributed by atoms with Gasteiger partial charge in [0, 0.05) is 6.20 Å². The third-order valence-corrected chi connectivity index (χ3v) is 5.26. The summed E-state index contributed by atoms with van der Waals surface area (Å²) in [4.78, 5) is 4.32. The number of alkyl halides is 2. The van der Waals surface area contributed by atoms with Crippen LogP contribution in [-0.2, 0) is 0 Å². The largest absolute Gasteiger partial charge is 0.302 e. The van der Waals surface area contributed by atoms with Crippen molar-refractivity contribution in [1.29, 1.82) is 0 Å². The van der Waals surface area contributed by atoms with Gasteiger partial charge < -0.3 is 5.43 Å². The Morgan fingerprint density at radius 2 is 2.42 bits per heavy atom. The van der Waals surface area contributed by atoms with Gasteiger partial charge in [-0.1, -0.05) is 0 Å². The molecule has 2 aliphatic heterocycles. The van der Waals surface area contributed by atoms with Crippen LogP contribution in [0.3, 0.4) is 0 Å². The van der Waals surface area contributed by atoms with Gasteiger partial charge in [0.2, 0.25) is 2.45 Å². The van der Waals surface area contributed by atoms with Crippen LogP contribution < -0.4 is 5.43 Å². The van der Waals surface area contributed by atoms with Crippen molar-refractivity contribution in [2.45, 2.75) is 2.45 Å². The van der Waals surface area contributed by atoms with Crippen molar-refractivity contribution in [3.8, 4) is 0 Å². The number of nitrogens with one attached hydrogen (secondary N) is 1. The van der Waals surface area contributed by atoms with Gasteiger partial charge in [-0.05, 0) is 66.6 Å². The van der Waals surface area contributed by atoms with Crippen LogP contribution in [0.25, 0.3) is 0 Å². The first-order chi connectivity index (χ1) is 5.62. The molecule has 1 N–H and O–H groups in total. The highest BCUT2D eigenvalue weighted by Gasteiger charge is 2.42. The molecule has 0 aliphatic carbocycles. The number of nitrogens with zero attached hydrogens (tertiary/aromatic N) is 2. The molecule has 0 fully saturated rings. The fourth-order valence-corrected chi connectivity index (χ4v) is 2.20. The monoisotopic (exact) mass is 403 g/mol. The average molecular weight is 405 g/mol. The summed E-state index contributed by atoms with van der Waals surface area (Å²) in [6.07, 6.45) is 5.72. The number of aliphatic imine (C=N–C) groups is 1. The van der Waals surface area contributed by atoms with E-state index in [2.05, 4.69) is 64.9 Å². The zero-order valence-corrected chi connectivity index (χ0v) is 11.1. The Morgan fingerprint density at radius 1 is 1.67 bits per heavy atom. The first kappa shape index (κ1) is 9.01. The molecule has 1 atom stereocenters. The number of fused-ring (bicyclic) bond motifs is 1. The molecule has 0 aromatic rings. The van der Waals surface area contributed by atoms with Gasteiger partial charge in [-0.15, -0.1) is 0 Å². The van der Waals surface area contributed by atoms with E-state index in [-0.39, 0.29) is 2.45 Å². The van der Waals surface area contributed by atoms with Crippen LogP contribution in [-0.4, -0.2) is 12.1 Å². The first-order valence-electron chi connectivity index (χ1n) is 3.18. The predicted molar refractivity (Wildman–Crippen MR) is 64.2 cm³/mol. The lowest BCUT2D eigenvalue weighted by Crippen LogP contribution is -2.44. The molecule has 0 aromatic carbocycles. The second-order valence-electron chi connectivity index (χ2n) is 2.29. The van der Waals surface area contributed by atoms with E-state index in [0.29, 0.717) is 0 Å². The molecule has 2 aliphatic rings. The lowest BCUT2D eigenvalue weighted by Gasteiger charge is -2.30. The summed E-state index contributed by atoms with van der Waals surface area (Å²) in [5, 5.41) is 1.93. The molecule has 0 bridgehead atoms. The van der Waals surface area contributed by atoms with Crippen molar-refractivity contribution >= 4 is 59.1 Å². The number of hydrazine groups is 1. The molecular formula is C6H4Br2IN3. The van der Waals surface area contributed by atoms with Gasteiger partial charge in [-0.25, -0.2) is 10.0 Å². The van der Waals surface area contributed by atoms with Crippen LogP contribution in [0.15, 0.2) is 29.2 Å². The third-order valence-electron chi connectivity index (χ3n) is 1.52. The second-order valence-corrected chi connectivity index (χ2v) is 7.23. The summed E-state index contributed by atoms with van der Waals surface area (Å²) in [6, 6.07) is 0. The lowest BCUT2D eigenvalue weighted by molar-refractivity contribution is 0.312. The minimum Gasteiger partial charge on any atom is -0.302 e. The quantitative estimate of drug-likeness (QED) is 0.381. The Hall–Kier alpha value is 0.440. The molecule has 0 radical (unpaired) electrons.